The number of ether oxygens (including phenoxy) is 3. The summed E-state index contributed by atoms with van der Waals surface area (Å²) in [5, 5.41) is 2.98. The lowest BCUT2D eigenvalue weighted by Crippen LogP contribution is -2.43. The quantitative estimate of drug-likeness (QED) is 0.585. The van der Waals surface area contributed by atoms with Crippen molar-refractivity contribution in [1.29, 1.82) is 0 Å². The van der Waals surface area contributed by atoms with Crippen LogP contribution in [-0.4, -0.2) is 72.5 Å². The zero-order valence-electron chi connectivity index (χ0n) is 18.5. The molecule has 1 heterocycles. The van der Waals surface area contributed by atoms with E-state index in [9.17, 15) is 13.2 Å². The van der Waals surface area contributed by atoms with Gasteiger partial charge in [0.15, 0.2) is 11.5 Å². The third kappa shape index (κ3) is 6.35. The van der Waals surface area contributed by atoms with Crippen molar-refractivity contribution in [3.05, 3.63) is 53.6 Å². The number of morpholine rings is 1. The Kier molecular flexibility index (Phi) is 7.94. The minimum Gasteiger partial charge on any atom is -0.493 e. The van der Waals surface area contributed by atoms with Crippen LogP contribution in [0.5, 0.6) is 11.5 Å². The van der Waals surface area contributed by atoms with Crippen LogP contribution < -0.4 is 19.5 Å². The highest BCUT2D eigenvalue weighted by molar-refractivity contribution is 7.92. The number of sulfonamides is 1. The molecule has 0 aromatic heterocycles. The Balaban J connectivity index is 1.79. The molecule has 1 saturated heterocycles. The Labute approximate surface area is 188 Å². The van der Waals surface area contributed by atoms with E-state index < -0.39 is 10.0 Å². The summed E-state index contributed by atoms with van der Waals surface area (Å²) >= 11 is 0. The first-order valence-corrected chi connectivity index (χ1v) is 12.1. The third-order valence-corrected chi connectivity index (χ3v) is 5.77. The first-order chi connectivity index (χ1) is 15.3. The highest BCUT2D eigenvalue weighted by Gasteiger charge is 2.24. The second kappa shape index (κ2) is 10.7. The average Bonchev–Trinajstić information content (AvgIpc) is 2.78. The van der Waals surface area contributed by atoms with Gasteiger partial charge in [-0.1, -0.05) is 12.1 Å². The molecule has 3 rings (SSSR count). The first-order valence-electron chi connectivity index (χ1n) is 10.2. The predicted molar refractivity (Wildman–Crippen MR) is 122 cm³/mol. The molecular formula is C22H29N3O6S. The Bertz CT molecular complexity index is 1040. The van der Waals surface area contributed by atoms with Gasteiger partial charge >= 0.3 is 0 Å². The second-order valence-electron chi connectivity index (χ2n) is 7.44. The van der Waals surface area contributed by atoms with Crippen molar-refractivity contribution in [2.45, 2.75) is 6.04 Å². The molecule has 1 aliphatic rings. The van der Waals surface area contributed by atoms with Gasteiger partial charge in [-0.2, -0.15) is 0 Å². The summed E-state index contributed by atoms with van der Waals surface area (Å²) in [5.41, 5.74) is 1.69. The van der Waals surface area contributed by atoms with Gasteiger partial charge in [0.05, 0.1) is 39.7 Å². The molecule has 10 heteroatoms. The zero-order chi connectivity index (χ0) is 23.1. The molecule has 0 bridgehead atoms. The number of nitrogens with zero attached hydrogens (tertiary/aromatic N) is 1. The van der Waals surface area contributed by atoms with E-state index in [0.29, 0.717) is 42.5 Å². The van der Waals surface area contributed by atoms with Crippen LogP contribution in [0, 0.1) is 0 Å². The lowest BCUT2D eigenvalue weighted by Gasteiger charge is -2.35. The van der Waals surface area contributed by atoms with Crippen LogP contribution in [0.4, 0.5) is 5.69 Å². The molecule has 0 spiro atoms. The van der Waals surface area contributed by atoms with Crippen LogP contribution in [-0.2, 0) is 14.8 Å². The van der Waals surface area contributed by atoms with Crippen LogP contribution in [0.3, 0.4) is 0 Å². The normalized spacial score (nSPS) is 15.6. The van der Waals surface area contributed by atoms with E-state index in [-0.39, 0.29) is 11.9 Å². The van der Waals surface area contributed by atoms with E-state index in [4.69, 9.17) is 14.2 Å². The Hall–Kier alpha value is -2.82. The van der Waals surface area contributed by atoms with Crippen LogP contribution in [0.25, 0.3) is 0 Å². The van der Waals surface area contributed by atoms with Crippen molar-refractivity contribution in [2.75, 3.05) is 58.0 Å². The summed E-state index contributed by atoms with van der Waals surface area (Å²) in [6.45, 7) is 3.08. The van der Waals surface area contributed by atoms with Crippen molar-refractivity contribution in [3.8, 4) is 11.5 Å². The fourth-order valence-corrected chi connectivity index (χ4v) is 4.19. The van der Waals surface area contributed by atoms with Gasteiger partial charge in [0.1, 0.15) is 0 Å². The Morgan fingerprint density at radius 2 is 1.81 bits per heavy atom. The molecule has 0 radical (unpaired) electrons. The number of nitrogens with one attached hydrogen (secondary N) is 2. The van der Waals surface area contributed by atoms with Gasteiger partial charge in [-0.15, -0.1) is 0 Å². The SMILES string of the molecule is COc1ccc(C(CNC(=O)c2cccc(NS(C)(=O)=O)c2)N2CCOCC2)cc1OC. The lowest BCUT2D eigenvalue weighted by molar-refractivity contribution is 0.0162. The molecular weight excluding hydrogens is 434 g/mol. The minimum absolute atomic E-state index is 0.0972. The number of amides is 1. The van der Waals surface area contributed by atoms with E-state index in [2.05, 4.69) is 14.9 Å². The summed E-state index contributed by atoms with van der Waals surface area (Å²) < 4.78 is 41.6. The molecule has 1 amide bonds. The van der Waals surface area contributed by atoms with E-state index in [1.54, 1.807) is 32.4 Å². The fourth-order valence-electron chi connectivity index (χ4n) is 3.64. The van der Waals surface area contributed by atoms with Crippen LogP contribution >= 0.6 is 0 Å². The van der Waals surface area contributed by atoms with Crippen molar-refractivity contribution in [1.82, 2.24) is 10.2 Å². The van der Waals surface area contributed by atoms with Gasteiger partial charge in [-0.05, 0) is 35.9 Å². The van der Waals surface area contributed by atoms with Gasteiger partial charge in [0, 0.05) is 30.9 Å². The molecule has 1 fully saturated rings. The van der Waals surface area contributed by atoms with Crippen LogP contribution in [0.15, 0.2) is 42.5 Å². The third-order valence-electron chi connectivity index (χ3n) is 5.16. The summed E-state index contributed by atoms with van der Waals surface area (Å²) in [7, 11) is -0.255. The molecule has 174 valence electrons. The van der Waals surface area contributed by atoms with E-state index in [0.717, 1.165) is 24.9 Å². The van der Waals surface area contributed by atoms with E-state index in [1.807, 2.05) is 18.2 Å². The highest BCUT2D eigenvalue weighted by atomic mass is 32.2. The monoisotopic (exact) mass is 463 g/mol. The van der Waals surface area contributed by atoms with Gasteiger partial charge in [0.25, 0.3) is 5.91 Å². The number of methoxy groups -OCH3 is 2. The van der Waals surface area contributed by atoms with E-state index in [1.165, 1.54) is 6.07 Å². The highest BCUT2D eigenvalue weighted by Crippen LogP contribution is 2.32. The molecule has 2 N–H and O–H groups in total. The number of carbonyl (C=O) groups is 1. The molecule has 2 aromatic carbocycles. The average molecular weight is 464 g/mol. The van der Waals surface area contributed by atoms with E-state index >= 15 is 0 Å². The van der Waals surface area contributed by atoms with Gasteiger partial charge < -0.3 is 19.5 Å². The summed E-state index contributed by atoms with van der Waals surface area (Å²) in [4.78, 5) is 15.1. The number of carbonyl (C=O) groups excluding carboxylic acids is 1. The smallest absolute Gasteiger partial charge is 0.251 e. The molecule has 32 heavy (non-hydrogen) atoms. The number of hydrogen-bond donors (Lipinski definition) is 2. The summed E-state index contributed by atoms with van der Waals surface area (Å²) in [6.07, 6.45) is 1.07. The summed E-state index contributed by atoms with van der Waals surface area (Å²) in [5.74, 6) is 0.964. The molecule has 9 nitrogen and oxygen atoms in total. The zero-order valence-corrected chi connectivity index (χ0v) is 19.3. The predicted octanol–water partition coefficient (Wildman–Crippen LogP) is 1.88. The first kappa shape index (κ1) is 23.8. The molecule has 0 saturated carbocycles. The van der Waals surface area contributed by atoms with Gasteiger partial charge in [-0.25, -0.2) is 8.42 Å². The maximum Gasteiger partial charge on any atom is 0.251 e. The van der Waals surface area contributed by atoms with Crippen molar-refractivity contribution >= 4 is 21.6 Å². The van der Waals surface area contributed by atoms with Gasteiger partial charge in [0.2, 0.25) is 10.0 Å². The fraction of sp³-hybridized carbons (Fsp3) is 0.409. The van der Waals surface area contributed by atoms with Gasteiger partial charge in [-0.3, -0.25) is 14.4 Å². The summed E-state index contributed by atoms with van der Waals surface area (Å²) in [6, 6.07) is 12.0. The Morgan fingerprint density at radius 3 is 2.47 bits per heavy atom. The number of benzene rings is 2. The van der Waals surface area contributed by atoms with Crippen molar-refractivity contribution in [3.63, 3.8) is 0 Å². The van der Waals surface area contributed by atoms with Crippen molar-refractivity contribution in [2.24, 2.45) is 0 Å². The number of anilines is 1. The van der Waals surface area contributed by atoms with Crippen molar-refractivity contribution < 1.29 is 27.4 Å². The largest absolute Gasteiger partial charge is 0.493 e. The van der Waals surface area contributed by atoms with Crippen LogP contribution in [0.2, 0.25) is 0 Å². The second-order valence-corrected chi connectivity index (χ2v) is 9.19. The molecule has 1 unspecified atom stereocenters. The maximum atomic E-state index is 12.8. The Morgan fingerprint density at radius 1 is 1.09 bits per heavy atom. The minimum atomic E-state index is -3.43. The molecule has 0 aliphatic carbocycles. The topological polar surface area (TPSA) is 106 Å². The number of rotatable bonds is 9. The molecule has 1 atom stereocenters. The molecule has 2 aromatic rings. The standard InChI is InChI=1S/C22H29N3O6S/c1-29-20-8-7-16(14-21(20)30-2)19(25-9-11-31-12-10-25)15-23-22(26)17-5-4-6-18(13-17)24-32(3,27)28/h4-8,13-14,19,24H,9-12,15H2,1-3H3,(H,23,26). The number of hydrogen-bond acceptors (Lipinski definition) is 7. The maximum absolute atomic E-state index is 12.8. The molecule has 1 aliphatic heterocycles. The van der Waals surface area contributed by atoms with Crippen LogP contribution in [0.1, 0.15) is 22.0 Å². The lowest BCUT2D eigenvalue weighted by atomic mass is 10.0.